The van der Waals surface area contributed by atoms with Gasteiger partial charge in [-0.1, -0.05) is 35.3 Å². The number of nitrogens with zero attached hydrogens (tertiary/aromatic N) is 1. The summed E-state index contributed by atoms with van der Waals surface area (Å²) in [7, 11) is 1.53. The van der Waals surface area contributed by atoms with Crippen molar-refractivity contribution in [3.63, 3.8) is 0 Å². The fraction of sp³-hybridized carbons (Fsp3) is 0.105. The lowest BCUT2D eigenvalue weighted by molar-refractivity contribution is -0.142. The number of nitriles is 1. The zero-order chi connectivity index (χ0) is 19.8. The molecule has 0 unspecified atom stereocenters. The molecule has 0 saturated carbocycles. The van der Waals surface area contributed by atoms with E-state index in [9.17, 15) is 9.59 Å². The Labute approximate surface area is 165 Å². The van der Waals surface area contributed by atoms with Crippen LogP contribution in [0.5, 0.6) is 5.75 Å². The van der Waals surface area contributed by atoms with Gasteiger partial charge in [-0.2, -0.15) is 5.26 Å². The van der Waals surface area contributed by atoms with Gasteiger partial charge in [0.1, 0.15) is 17.4 Å². The third-order valence-electron chi connectivity index (χ3n) is 3.30. The van der Waals surface area contributed by atoms with Crippen LogP contribution in [0.4, 0.5) is 5.69 Å². The minimum absolute atomic E-state index is 0.242. The maximum absolute atomic E-state index is 12.0. The minimum atomic E-state index is -0.916. The normalized spacial score (nSPS) is 10.7. The van der Waals surface area contributed by atoms with Gasteiger partial charge in [-0.15, -0.1) is 0 Å². The maximum atomic E-state index is 12.0. The van der Waals surface area contributed by atoms with Crippen LogP contribution in [0.25, 0.3) is 6.08 Å². The Morgan fingerprint density at radius 1 is 1.19 bits per heavy atom. The Bertz CT molecular complexity index is 918. The van der Waals surface area contributed by atoms with E-state index in [2.05, 4.69) is 5.32 Å². The van der Waals surface area contributed by atoms with Crippen molar-refractivity contribution in [2.75, 3.05) is 19.0 Å². The summed E-state index contributed by atoms with van der Waals surface area (Å²) in [5.41, 5.74) is 0.660. The van der Waals surface area contributed by atoms with E-state index in [-0.39, 0.29) is 10.6 Å². The molecule has 0 aromatic heterocycles. The first kappa shape index (κ1) is 20.3. The Morgan fingerprint density at radius 2 is 1.89 bits per heavy atom. The molecule has 0 aliphatic heterocycles. The fourth-order valence-corrected chi connectivity index (χ4v) is 2.33. The molecule has 27 heavy (non-hydrogen) atoms. The molecular weight excluding hydrogens is 391 g/mol. The second-order valence-electron chi connectivity index (χ2n) is 5.19. The highest BCUT2D eigenvalue weighted by Gasteiger charge is 2.14. The topological polar surface area (TPSA) is 88.4 Å². The van der Waals surface area contributed by atoms with Crippen LogP contribution in [0.3, 0.4) is 0 Å². The molecule has 1 amide bonds. The Morgan fingerprint density at radius 3 is 2.52 bits per heavy atom. The van der Waals surface area contributed by atoms with E-state index >= 15 is 0 Å². The zero-order valence-electron chi connectivity index (χ0n) is 14.2. The number of rotatable bonds is 6. The molecule has 6 nitrogen and oxygen atoms in total. The third-order valence-corrected chi connectivity index (χ3v) is 3.87. The SMILES string of the molecule is COc1ccc(/C=C(\C#N)C(=O)OCC(=O)Nc2cc(Cl)ccc2Cl)cc1. The fourth-order valence-electron chi connectivity index (χ4n) is 1.99. The van der Waals surface area contributed by atoms with Gasteiger partial charge in [0.2, 0.25) is 0 Å². The number of benzene rings is 2. The second kappa shape index (κ2) is 9.62. The molecule has 2 rings (SSSR count). The lowest BCUT2D eigenvalue weighted by Gasteiger charge is -2.08. The molecule has 0 bridgehead atoms. The third kappa shape index (κ3) is 6.03. The number of amides is 1. The smallest absolute Gasteiger partial charge is 0.349 e. The molecule has 8 heteroatoms. The number of carbonyl (C=O) groups is 2. The summed E-state index contributed by atoms with van der Waals surface area (Å²) in [4.78, 5) is 23.9. The van der Waals surface area contributed by atoms with E-state index in [1.54, 1.807) is 36.4 Å². The maximum Gasteiger partial charge on any atom is 0.349 e. The molecule has 2 aromatic rings. The molecule has 0 spiro atoms. The van der Waals surface area contributed by atoms with Crippen LogP contribution in [0.2, 0.25) is 10.0 Å². The van der Waals surface area contributed by atoms with E-state index in [4.69, 9.17) is 37.9 Å². The monoisotopic (exact) mass is 404 g/mol. The first-order valence-corrected chi connectivity index (χ1v) is 8.36. The summed E-state index contributed by atoms with van der Waals surface area (Å²) < 4.78 is 9.91. The average molecular weight is 405 g/mol. The number of hydrogen-bond donors (Lipinski definition) is 1. The van der Waals surface area contributed by atoms with Gasteiger partial charge in [0, 0.05) is 5.02 Å². The molecule has 0 atom stereocenters. The van der Waals surface area contributed by atoms with E-state index in [1.165, 1.54) is 25.3 Å². The van der Waals surface area contributed by atoms with Gasteiger partial charge in [-0.05, 0) is 42.0 Å². The average Bonchev–Trinajstić information content (AvgIpc) is 2.67. The van der Waals surface area contributed by atoms with E-state index < -0.39 is 18.5 Å². The highest BCUT2D eigenvalue weighted by atomic mass is 35.5. The zero-order valence-corrected chi connectivity index (χ0v) is 15.7. The van der Waals surface area contributed by atoms with Crippen LogP contribution in [-0.4, -0.2) is 25.6 Å². The highest BCUT2D eigenvalue weighted by molar-refractivity contribution is 6.35. The number of hydrogen-bond acceptors (Lipinski definition) is 5. The summed E-state index contributed by atoms with van der Waals surface area (Å²) in [6.07, 6.45) is 1.35. The van der Waals surface area contributed by atoms with Crippen molar-refractivity contribution in [3.8, 4) is 11.8 Å². The van der Waals surface area contributed by atoms with Crippen LogP contribution in [-0.2, 0) is 14.3 Å². The van der Waals surface area contributed by atoms with Gasteiger partial charge in [0.05, 0.1) is 17.8 Å². The predicted molar refractivity (Wildman–Crippen MR) is 103 cm³/mol. The van der Waals surface area contributed by atoms with Crippen molar-refractivity contribution < 1.29 is 19.1 Å². The summed E-state index contributed by atoms with van der Waals surface area (Å²) in [6.45, 7) is -0.580. The molecular formula is C19H14Cl2N2O4. The Hall–Kier alpha value is -3.01. The quantitative estimate of drug-likeness (QED) is 0.444. The molecule has 2 aromatic carbocycles. The number of esters is 1. The molecule has 0 heterocycles. The van der Waals surface area contributed by atoms with Crippen molar-refractivity contribution in [2.45, 2.75) is 0 Å². The summed E-state index contributed by atoms with van der Waals surface area (Å²) in [5, 5.41) is 12.3. The second-order valence-corrected chi connectivity index (χ2v) is 6.04. The van der Waals surface area contributed by atoms with Crippen LogP contribution < -0.4 is 10.1 Å². The van der Waals surface area contributed by atoms with Crippen molar-refractivity contribution in [1.29, 1.82) is 5.26 Å². The lowest BCUT2D eigenvalue weighted by Crippen LogP contribution is -2.21. The van der Waals surface area contributed by atoms with Crippen LogP contribution >= 0.6 is 23.2 Å². The van der Waals surface area contributed by atoms with E-state index in [1.807, 2.05) is 0 Å². The first-order valence-electron chi connectivity index (χ1n) is 7.61. The number of halogens is 2. The molecule has 138 valence electrons. The molecule has 1 N–H and O–H groups in total. The number of anilines is 1. The number of carbonyl (C=O) groups excluding carboxylic acids is 2. The van der Waals surface area contributed by atoms with Gasteiger partial charge in [0.25, 0.3) is 5.91 Å². The van der Waals surface area contributed by atoms with Crippen LogP contribution in [0, 0.1) is 11.3 Å². The van der Waals surface area contributed by atoms with Crippen molar-refractivity contribution in [1.82, 2.24) is 0 Å². The molecule has 0 aliphatic rings. The Kier molecular flexibility index (Phi) is 7.24. The van der Waals surface area contributed by atoms with Crippen molar-refractivity contribution >= 4 is 46.8 Å². The lowest BCUT2D eigenvalue weighted by atomic mass is 10.1. The van der Waals surface area contributed by atoms with Crippen molar-refractivity contribution in [3.05, 3.63) is 63.6 Å². The minimum Gasteiger partial charge on any atom is -0.497 e. The number of ether oxygens (including phenoxy) is 2. The van der Waals surface area contributed by atoms with E-state index in [0.29, 0.717) is 22.0 Å². The van der Waals surface area contributed by atoms with Crippen LogP contribution in [0.15, 0.2) is 48.0 Å². The number of nitrogens with one attached hydrogen (secondary N) is 1. The standard InChI is InChI=1S/C19H14Cl2N2O4/c1-26-15-5-2-12(3-6-15)8-13(10-22)19(25)27-11-18(24)23-17-9-14(20)4-7-16(17)21/h2-9H,11H2,1H3,(H,23,24)/b13-8+. The van der Waals surface area contributed by atoms with Gasteiger partial charge in [-0.25, -0.2) is 4.79 Å². The highest BCUT2D eigenvalue weighted by Crippen LogP contribution is 2.25. The van der Waals surface area contributed by atoms with Gasteiger partial charge in [-0.3, -0.25) is 4.79 Å². The molecule has 0 aliphatic carbocycles. The molecule has 0 saturated heterocycles. The Balaban J connectivity index is 1.97. The van der Waals surface area contributed by atoms with Gasteiger partial charge < -0.3 is 14.8 Å². The summed E-state index contributed by atoms with van der Waals surface area (Å²) in [6, 6.07) is 13.1. The summed E-state index contributed by atoms with van der Waals surface area (Å²) in [5.74, 6) is -0.889. The van der Waals surface area contributed by atoms with Crippen LogP contribution in [0.1, 0.15) is 5.56 Å². The van der Waals surface area contributed by atoms with E-state index in [0.717, 1.165) is 0 Å². The number of methoxy groups -OCH3 is 1. The largest absolute Gasteiger partial charge is 0.497 e. The van der Waals surface area contributed by atoms with Crippen molar-refractivity contribution in [2.24, 2.45) is 0 Å². The van der Waals surface area contributed by atoms with Gasteiger partial charge in [0.15, 0.2) is 6.61 Å². The molecule has 0 fully saturated rings. The summed E-state index contributed by atoms with van der Waals surface area (Å²) >= 11 is 11.8. The molecule has 0 radical (unpaired) electrons. The predicted octanol–water partition coefficient (Wildman–Crippen LogP) is 4.09. The van der Waals surface area contributed by atoms with Gasteiger partial charge >= 0.3 is 5.97 Å². The first-order chi connectivity index (χ1) is 12.9.